The van der Waals surface area contributed by atoms with Crippen LogP contribution in [0.2, 0.25) is 0 Å². The van der Waals surface area contributed by atoms with Gasteiger partial charge in [0.05, 0.1) is 23.0 Å². The van der Waals surface area contributed by atoms with Crippen LogP contribution in [0, 0.1) is 11.3 Å². The summed E-state index contributed by atoms with van der Waals surface area (Å²) in [5, 5.41) is 15.6. The molecule has 0 aliphatic carbocycles. The molecule has 1 heterocycles. The molecule has 0 aliphatic rings. The summed E-state index contributed by atoms with van der Waals surface area (Å²) >= 11 is 4.41. The lowest BCUT2D eigenvalue weighted by Crippen LogP contribution is -2.13. The Bertz CT molecular complexity index is 690. The Morgan fingerprint density at radius 2 is 2.25 bits per heavy atom. The number of aromatic nitrogens is 2. The van der Waals surface area contributed by atoms with Gasteiger partial charge in [-0.3, -0.25) is 4.79 Å². The Kier molecular flexibility index (Phi) is 4.47. The zero-order chi connectivity index (χ0) is 14.7. The number of nitrogens with one attached hydrogen (secondary N) is 1. The van der Waals surface area contributed by atoms with Gasteiger partial charge < -0.3 is 5.32 Å². The van der Waals surface area contributed by atoms with E-state index in [0.29, 0.717) is 26.3 Å². The van der Waals surface area contributed by atoms with Gasteiger partial charge in [-0.25, -0.2) is 0 Å². The summed E-state index contributed by atoms with van der Waals surface area (Å²) in [6.45, 7) is 3.93. The van der Waals surface area contributed by atoms with Crippen molar-refractivity contribution < 1.29 is 4.79 Å². The first-order valence-electron chi connectivity index (χ1n) is 5.86. The van der Waals surface area contributed by atoms with E-state index >= 15 is 0 Å². The third-order valence-electron chi connectivity index (χ3n) is 2.61. The van der Waals surface area contributed by atoms with Crippen LogP contribution in [0.25, 0.3) is 0 Å². The van der Waals surface area contributed by atoms with E-state index in [1.165, 1.54) is 0 Å². The van der Waals surface area contributed by atoms with Gasteiger partial charge in [0.25, 0.3) is 5.91 Å². The van der Waals surface area contributed by atoms with Gasteiger partial charge in [0.15, 0.2) is 0 Å². The van der Waals surface area contributed by atoms with Gasteiger partial charge in [0.2, 0.25) is 0 Å². The van der Waals surface area contributed by atoms with Crippen molar-refractivity contribution in [2.45, 2.75) is 19.8 Å². The van der Waals surface area contributed by atoms with Crippen molar-refractivity contribution in [3.05, 3.63) is 38.8 Å². The Morgan fingerprint density at radius 3 is 2.85 bits per heavy atom. The average molecular weight is 351 g/mol. The smallest absolute Gasteiger partial charge is 0.269 e. The van der Waals surface area contributed by atoms with Crippen LogP contribution in [0.15, 0.2) is 22.7 Å². The molecule has 0 bridgehead atoms. The minimum absolute atomic E-state index is 0.138. The van der Waals surface area contributed by atoms with Gasteiger partial charge in [0.1, 0.15) is 4.88 Å². The average Bonchev–Trinajstić information content (AvgIpc) is 2.90. The molecule has 0 fully saturated rings. The van der Waals surface area contributed by atoms with E-state index in [9.17, 15) is 4.79 Å². The fraction of sp³-hybridized carbons (Fsp3) is 0.231. The summed E-state index contributed by atoms with van der Waals surface area (Å²) in [5.41, 5.74) is 1.83. The molecule has 1 amide bonds. The first-order chi connectivity index (χ1) is 9.52. The maximum atomic E-state index is 12.2. The van der Waals surface area contributed by atoms with Crippen molar-refractivity contribution in [1.29, 1.82) is 5.26 Å². The topological polar surface area (TPSA) is 78.7 Å². The fourth-order valence-corrected chi connectivity index (χ4v) is 2.79. The lowest BCUT2D eigenvalue weighted by molar-refractivity contribution is 0.102. The molecule has 2 aromatic rings. The molecule has 0 atom stereocenters. The van der Waals surface area contributed by atoms with Crippen molar-refractivity contribution in [3.63, 3.8) is 0 Å². The second-order valence-electron chi connectivity index (χ2n) is 4.40. The number of carbonyl (C=O) groups excluding carboxylic acids is 1. The summed E-state index contributed by atoms with van der Waals surface area (Å²) in [6.07, 6.45) is 0. The number of nitrogens with zero attached hydrogens (tertiary/aromatic N) is 3. The second kappa shape index (κ2) is 6.11. The molecule has 0 radical (unpaired) electrons. The van der Waals surface area contributed by atoms with Crippen LogP contribution >= 0.6 is 27.5 Å². The van der Waals surface area contributed by atoms with Crippen molar-refractivity contribution in [1.82, 2.24) is 9.59 Å². The SMILES string of the molecule is CC(C)c1nnsc1C(=O)Nc1ccc(C#N)cc1Br. The molecule has 5 nitrogen and oxygen atoms in total. The third kappa shape index (κ3) is 3.03. The van der Waals surface area contributed by atoms with Crippen LogP contribution in [0.1, 0.15) is 40.7 Å². The fourth-order valence-electron chi connectivity index (χ4n) is 1.60. The van der Waals surface area contributed by atoms with Crippen LogP contribution in [0.3, 0.4) is 0 Å². The van der Waals surface area contributed by atoms with Crippen LogP contribution in [0.4, 0.5) is 5.69 Å². The Labute approximate surface area is 128 Å². The first-order valence-corrected chi connectivity index (χ1v) is 7.42. The summed E-state index contributed by atoms with van der Waals surface area (Å²) in [6, 6.07) is 7.03. The quantitative estimate of drug-likeness (QED) is 0.917. The molecular weight excluding hydrogens is 340 g/mol. The molecular formula is C13H11BrN4OS. The second-order valence-corrected chi connectivity index (χ2v) is 6.01. The summed E-state index contributed by atoms with van der Waals surface area (Å²) in [7, 11) is 0. The Hall–Kier alpha value is -1.78. The van der Waals surface area contributed by atoms with Crippen LogP contribution in [-0.2, 0) is 0 Å². The van der Waals surface area contributed by atoms with Gasteiger partial charge in [0, 0.05) is 4.47 Å². The third-order valence-corrected chi connectivity index (χ3v) is 4.01. The van der Waals surface area contributed by atoms with Crippen molar-refractivity contribution in [2.75, 3.05) is 5.32 Å². The lowest BCUT2D eigenvalue weighted by atomic mass is 10.1. The molecule has 20 heavy (non-hydrogen) atoms. The number of hydrogen-bond donors (Lipinski definition) is 1. The minimum Gasteiger partial charge on any atom is -0.320 e. The van der Waals surface area contributed by atoms with Crippen molar-refractivity contribution in [3.8, 4) is 6.07 Å². The summed E-state index contributed by atoms with van der Waals surface area (Å²) < 4.78 is 4.49. The number of amides is 1. The number of hydrogen-bond acceptors (Lipinski definition) is 5. The standard InChI is InChI=1S/C13H11BrN4OS/c1-7(2)11-12(20-18-17-11)13(19)16-10-4-3-8(6-15)5-9(10)14/h3-5,7H,1-2H3,(H,16,19). The molecule has 0 aliphatic heterocycles. The minimum atomic E-state index is -0.242. The van der Waals surface area contributed by atoms with E-state index in [2.05, 4.69) is 30.8 Å². The van der Waals surface area contributed by atoms with Gasteiger partial charge in [-0.2, -0.15) is 5.26 Å². The molecule has 0 saturated heterocycles. The van der Waals surface area contributed by atoms with Gasteiger partial charge in [-0.05, 0) is 51.6 Å². The van der Waals surface area contributed by atoms with Crippen molar-refractivity contribution in [2.24, 2.45) is 0 Å². The molecule has 7 heteroatoms. The van der Waals surface area contributed by atoms with Crippen LogP contribution in [-0.4, -0.2) is 15.5 Å². The van der Waals surface area contributed by atoms with E-state index in [1.54, 1.807) is 18.2 Å². The highest BCUT2D eigenvalue weighted by molar-refractivity contribution is 9.10. The van der Waals surface area contributed by atoms with E-state index in [-0.39, 0.29) is 11.8 Å². The largest absolute Gasteiger partial charge is 0.320 e. The van der Waals surface area contributed by atoms with Gasteiger partial charge in [-0.1, -0.05) is 18.3 Å². The number of rotatable bonds is 3. The molecule has 102 valence electrons. The molecule has 1 aromatic carbocycles. The monoisotopic (exact) mass is 350 g/mol. The van der Waals surface area contributed by atoms with Crippen LogP contribution < -0.4 is 5.32 Å². The zero-order valence-corrected chi connectivity index (χ0v) is 13.2. The highest BCUT2D eigenvalue weighted by atomic mass is 79.9. The summed E-state index contributed by atoms with van der Waals surface area (Å²) in [5.74, 6) is -0.104. The van der Waals surface area contributed by atoms with Crippen LogP contribution in [0.5, 0.6) is 0 Å². The van der Waals surface area contributed by atoms with Crippen molar-refractivity contribution >= 4 is 39.1 Å². The van der Waals surface area contributed by atoms with E-state index in [4.69, 9.17) is 5.26 Å². The molecule has 1 aromatic heterocycles. The van der Waals surface area contributed by atoms with E-state index in [1.807, 2.05) is 19.9 Å². The first kappa shape index (κ1) is 14.6. The van der Waals surface area contributed by atoms with E-state index in [0.717, 1.165) is 11.5 Å². The maximum Gasteiger partial charge on any atom is 0.269 e. The number of nitriles is 1. The predicted molar refractivity (Wildman–Crippen MR) is 80.8 cm³/mol. The molecule has 0 unspecified atom stereocenters. The number of anilines is 1. The molecule has 0 saturated carbocycles. The summed E-state index contributed by atoms with van der Waals surface area (Å²) in [4.78, 5) is 12.8. The highest BCUT2D eigenvalue weighted by Crippen LogP contribution is 2.26. The Balaban J connectivity index is 2.24. The van der Waals surface area contributed by atoms with Gasteiger partial charge in [-0.15, -0.1) is 5.10 Å². The number of carbonyl (C=O) groups is 1. The molecule has 1 N–H and O–H groups in total. The maximum absolute atomic E-state index is 12.2. The van der Waals surface area contributed by atoms with Gasteiger partial charge >= 0.3 is 0 Å². The molecule has 0 spiro atoms. The Morgan fingerprint density at radius 1 is 1.50 bits per heavy atom. The number of halogens is 1. The van der Waals surface area contributed by atoms with E-state index < -0.39 is 0 Å². The molecule has 2 rings (SSSR count). The normalized spacial score (nSPS) is 10.3. The lowest BCUT2D eigenvalue weighted by Gasteiger charge is -2.08. The highest BCUT2D eigenvalue weighted by Gasteiger charge is 2.19. The zero-order valence-electron chi connectivity index (χ0n) is 10.8. The predicted octanol–water partition coefficient (Wildman–Crippen LogP) is 3.55. The number of benzene rings is 1.